The normalized spacial score (nSPS) is 14.1. The minimum absolute atomic E-state index is 0.0120. The van der Waals surface area contributed by atoms with Crippen LogP contribution in [0.5, 0.6) is 0 Å². The van der Waals surface area contributed by atoms with Crippen LogP contribution >= 0.6 is 0 Å². The molecule has 0 unspecified atom stereocenters. The fourth-order valence-corrected chi connectivity index (χ4v) is 12.8. The fraction of sp³-hybridized carbons (Fsp3) is 0.590. The van der Waals surface area contributed by atoms with Gasteiger partial charge in [0.05, 0.1) is 56.5 Å². The molecule has 0 saturated carbocycles. The van der Waals surface area contributed by atoms with Gasteiger partial charge in [0.2, 0.25) is 106 Å². The molecule has 0 aliphatic carbocycles. The van der Waals surface area contributed by atoms with E-state index in [2.05, 4.69) is 105 Å². The Morgan fingerprint density at radius 3 is 0.850 bits per heavy atom. The maximum Gasteiger partial charge on any atom is 0.305 e. The van der Waals surface area contributed by atoms with Crippen LogP contribution in [0.4, 0.5) is 0 Å². The lowest BCUT2D eigenvalue weighted by atomic mass is 10.0. The summed E-state index contributed by atoms with van der Waals surface area (Å²) in [6.45, 7) is -1.99. The van der Waals surface area contributed by atoms with Gasteiger partial charge >= 0.3 is 35.8 Å². The third-order valence-electron chi connectivity index (χ3n) is 20.1. The van der Waals surface area contributed by atoms with Crippen molar-refractivity contribution in [2.75, 3.05) is 39.3 Å². The van der Waals surface area contributed by atoms with Crippen LogP contribution in [0.2, 0.25) is 0 Å². The number of hydrogen-bond donors (Lipinski definition) is 36. The summed E-state index contributed by atoms with van der Waals surface area (Å²) >= 11 is 0. The molecule has 140 heavy (non-hydrogen) atoms. The molecule has 0 aliphatic rings. The average molecular weight is 1990 g/mol. The van der Waals surface area contributed by atoms with Gasteiger partial charge in [-0.05, 0) is 109 Å². The van der Waals surface area contributed by atoms with Crippen molar-refractivity contribution in [3.63, 3.8) is 0 Å². The summed E-state index contributed by atoms with van der Waals surface area (Å²) in [5.74, 6) is -33.9. The molecule has 44 N–H and O–H groups in total. The minimum Gasteiger partial charge on any atom is -0.481 e. The SMILES string of the molecule is N=C(N)NCCC[C@H](NC(=O)[C@H](CC(=O)O)NC(=O)[C@H](CC(N)=O)NC(=O)[C@H](CCC(=O)O)NC(=O)[C@H](CCCCN)NC(=O)[C@H](CCC(=O)O)NC(=O)[C@H](Cc1c[nH]cn1)NC(=O)[C@H](CCC(=O)O)NC(=O)[C@H](CCC(=O)O)NC(=O)[C@H](Cc1c[nH]cn1)NC(=O)[C@H](CCCCN)NC(=O)[C@H](CC(=O)O)NC(=O)[C@H](CCCNC(=N)N)NC(=O)[C@@H](N)CO)C(=O)NCC(=O)N[C@@H](CCC(N)=O)C(N)=O. The maximum absolute atomic E-state index is 14.8. The predicted molar refractivity (Wildman–Crippen MR) is 477 cm³/mol. The number of carboxylic acids is 6. The van der Waals surface area contributed by atoms with Crippen molar-refractivity contribution in [3.05, 3.63) is 36.4 Å². The Morgan fingerprint density at radius 1 is 0.307 bits per heavy atom. The summed E-state index contributed by atoms with van der Waals surface area (Å²) in [7, 11) is 0. The molecule has 0 bridgehead atoms. The smallest absolute Gasteiger partial charge is 0.305 e. The summed E-state index contributed by atoms with van der Waals surface area (Å²) < 4.78 is 0. The van der Waals surface area contributed by atoms with Crippen molar-refractivity contribution < 1.29 is 151 Å². The highest BCUT2D eigenvalue weighted by molar-refractivity contribution is 6.03. The van der Waals surface area contributed by atoms with Crippen LogP contribution in [0.3, 0.4) is 0 Å². The summed E-state index contributed by atoms with van der Waals surface area (Å²) in [5.41, 5.74) is 43.7. The number of amides is 18. The van der Waals surface area contributed by atoms with E-state index in [4.69, 9.17) is 56.7 Å². The Bertz CT molecular complexity index is 4620. The molecule has 2 aromatic rings. The number of nitrogens with two attached hydrogens (primary N) is 8. The van der Waals surface area contributed by atoms with E-state index in [0.29, 0.717) is 0 Å². The molecule has 62 nitrogen and oxygen atoms in total. The van der Waals surface area contributed by atoms with Gasteiger partial charge in [-0.2, -0.15) is 0 Å². The molecule has 0 spiro atoms. The zero-order valence-corrected chi connectivity index (χ0v) is 75.8. The molecule has 0 aliphatic heterocycles. The van der Waals surface area contributed by atoms with Crippen molar-refractivity contribution in [2.24, 2.45) is 45.9 Å². The molecule has 0 radical (unpaired) electrons. The number of rotatable bonds is 73. The zero-order valence-electron chi connectivity index (χ0n) is 75.8. The molecule has 2 aromatic heterocycles. The molecule has 15 atom stereocenters. The van der Waals surface area contributed by atoms with Crippen LogP contribution in [-0.4, -0.2) is 340 Å². The number of aromatic amines is 2. The zero-order chi connectivity index (χ0) is 105. The molecule has 62 heteroatoms. The number of hydrogen-bond acceptors (Lipinski definition) is 32. The van der Waals surface area contributed by atoms with E-state index in [-0.39, 0.29) is 102 Å². The number of carbonyl (C=O) groups excluding carboxylic acids is 18. The molecule has 778 valence electrons. The van der Waals surface area contributed by atoms with Crippen molar-refractivity contribution >= 4 is 154 Å². The van der Waals surface area contributed by atoms with Crippen LogP contribution < -0.4 is 136 Å². The maximum atomic E-state index is 14.8. The van der Waals surface area contributed by atoms with Crippen LogP contribution in [-0.2, 0) is 128 Å². The molecule has 0 fully saturated rings. The van der Waals surface area contributed by atoms with Crippen LogP contribution in [0.25, 0.3) is 0 Å². The van der Waals surface area contributed by atoms with Crippen molar-refractivity contribution in [2.45, 2.75) is 251 Å². The second-order valence-electron chi connectivity index (χ2n) is 31.5. The second-order valence-corrected chi connectivity index (χ2v) is 31.5. The summed E-state index contributed by atoms with van der Waals surface area (Å²) in [5, 5.41) is 122. The number of imidazole rings is 2. The quantitative estimate of drug-likeness (QED) is 0.0166. The van der Waals surface area contributed by atoms with E-state index >= 15 is 0 Å². The molecule has 2 rings (SSSR count). The van der Waals surface area contributed by atoms with Gasteiger partial charge in [-0.15, -0.1) is 0 Å². The third kappa shape index (κ3) is 49.5. The van der Waals surface area contributed by atoms with Crippen molar-refractivity contribution in [1.29, 1.82) is 10.8 Å². The number of carboxylic acid groups (broad SMARTS) is 6. The van der Waals surface area contributed by atoms with Crippen LogP contribution in [0.15, 0.2) is 25.0 Å². The number of primary amides is 3. The molecular weight excluding hydrogens is 1870 g/mol. The highest BCUT2D eigenvalue weighted by atomic mass is 16.4. The second kappa shape index (κ2) is 64.2. The van der Waals surface area contributed by atoms with Crippen LogP contribution in [0, 0.1) is 10.8 Å². The van der Waals surface area contributed by atoms with Gasteiger partial charge in [0, 0.05) is 70.4 Å². The van der Waals surface area contributed by atoms with Crippen LogP contribution in [0.1, 0.15) is 159 Å². The number of aliphatic hydroxyl groups excluding tert-OH is 1. The van der Waals surface area contributed by atoms with E-state index in [1.54, 1.807) is 0 Å². The third-order valence-corrected chi connectivity index (χ3v) is 20.1. The monoisotopic (exact) mass is 1990 g/mol. The first kappa shape index (κ1) is 120. The summed E-state index contributed by atoms with van der Waals surface area (Å²) in [4.78, 5) is 335. The molecule has 0 saturated heterocycles. The first-order valence-electron chi connectivity index (χ1n) is 43.5. The van der Waals surface area contributed by atoms with Gasteiger partial charge in [-0.1, -0.05) is 0 Å². The van der Waals surface area contributed by atoms with E-state index in [9.17, 15) is 151 Å². The lowest BCUT2D eigenvalue weighted by molar-refractivity contribution is -0.142. The summed E-state index contributed by atoms with van der Waals surface area (Å²) in [6.07, 6.45) is -9.50. The molecule has 18 amide bonds. The molecule has 0 aromatic carbocycles. The lowest BCUT2D eigenvalue weighted by Crippen LogP contribution is -2.61. The van der Waals surface area contributed by atoms with Gasteiger partial charge in [0.25, 0.3) is 0 Å². The van der Waals surface area contributed by atoms with Gasteiger partial charge < -0.3 is 182 Å². The highest BCUT2D eigenvalue weighted by Crippen LogP contribution is 2.15. The first-order valence-corrected chi connectivity index (χ1v) is 43.5. The van der Waals surface area contributed by atoms with Gasteiger partial charge in [0.15, 0.2) is 11.9 Å². The largest absolute Gasteiger partial charge is 0.481 e. The minimum atomic E-state index is -2.25. The molecule has 2 heterocycles. The van der Waals surface area contributed by atoms with Gasteiger partial charge in [0.1, 0.15) is 90.6 Å². The van der Waals surface area contributed by atoms with Crippen molar-refractivity contribution in [3.8, 4) is 0 Å². The van der Waals surface area contributed by atoms with Crippen molar-refractivity contribution in [1.82, 2.24) is 110 Å². The lowest BCUT2D eigenvalue weighted by Gasteiger charge is -2.28. The number of guanidine groups is 2. The van der Waals surface area contributed by atoms with E-state index in [1.165, 1.54) is 12.4 Å². The predicted octanol–water partition coefficient (Wildman–Crippen LogP) is -15.0. The highest BCUT2D eigenvalue weighted by Gasteiger charge is 2.41. The number of nitrogens with zero attached hydrogens (tertiary/aromatic N) is 2. The number of aliphatic hydroxyl groups is 1. The average Bonchev–Trinajstić information content (AvgIpc) is 1.08. The Labute approximate surface area is 795 Å². The van der Waals surface area contributed by atoms with Gasteiger partial charge in [-0.3, -0.25) is 126 Å². The van der Waals surface area contributed by atoms with E-state index in [1.807, 2.05) is 5.32 Å². The topological polar surface area (TPSA) is 1070 Å². The number of H-pyrrole nitrogens is 2. The number of nitrogens with one attached hydrogen (secondary N) is 21. The van der Waals surface area contributed by atoms with E-state index < -0.39 is 354 Å². The molecular formula is C78H125N31O31. The van der Waals surface area contributed by atoms with Gasteiger partial charge in [-0.25, -0.2) is 9.97 Å². The number of aliphatic carboxylic acids is 6. The Morgan fingerprint density at radius 2 is 0.579 bits per heavy atom. The first-order chi connectivity index (χ1) is 66.0. The number of aromatic nitrogens is 4. The number of carbonyl (C=O) groups is 24. The Balaban J connectivity index is 2.70. The van der Waals surface area contributed by atoms with E-state index in [0.717, 1.165) is 12.7 Å². The summed E-state index contributed by atoms with van der Waals surface area (Å²) in [6, 6.07) is -28.7. The Hall–Kier alpha value is -15.9. The fourth-order valence-electron chi connectivity index (χ4n) is 12.8. The standard InChI is InChI=1S/C78H125N31O31/c79-21-3-1-7-41(65(129)101-47(15-20-59(120)121)71(135)107-50(27-54(83)112)74(138)109-52(29-61(124)125)75(139)98-40(9-5-23-91-77(85)86)64(128)93-32-55(113)96-39(62(84)126)11-16-53(82)111)99-68(132)44(12-17-56(114)115)103-73(137)49(26-37-31-90-35-95-37)106-70(134)46(14-19-58(118)119)102-69(133)45(13-18-57(116)117)104-72(136)48(25-36-30-89-34-94-36)105-66(130)42(8-2-4-22-80)100-76(140)51(28-60(122)123)108-67(131)43(10-6-24-92-78(87)88)97-63(127)38(81)33-110/h30-31,34-35,38-52,110H,1-29,32-33,79-81H2,(H2,82,111)(H2,83,112)(H2,84,126)(H,89,94)(H,90,95)(H,93,128)(H,96,113)(H,97,127)(H,98,139)(H,99,132)(H,100,140)(H,101,129)(H,102,133)(H,103,137)(H,104,136)(H,105,130)(H,106,134)(H,107,135)(H,108,131)(H,109,138)(H,114,115)(H,116,117)(H,118,119)(H,120,121)(H,122,123)(H,124,125)(H4,85,86,91)(H4,87,88,92)/t38-,39-,40-,41-,42-,43-,44-,45-,46-,47-,48-,49-,50-,51-,52-/m0/s1. The number of unbranched alkanes of at least 4 members (excludes halogenated alkanes) is 2. The Kier molecular flexibility index (Phi) is 55.1.